The summed E-state index contributed by atoms with van der Waals surface area (Å²) >= 11 is 0. The van der Waals surface area contributed by atoms with Crippen LogP contribution in [0.5, 0.6) is 0 Å². The summed E-state index contributed by atoms with van der Waals surface area (Å²) in [6.45, 7) is 5.69. The number of carbonyl (C=O) groups is 1. The molecule has 1 amide bonds. The quantitative estimate of drug-likeness (QED) is 0.579. The van der Waals surface area contributed by atoms with E-state index in [9.17, 15) is 4.79 Å². The van der Waals surface area contributed by atoms with Crippen LogP contribution in [-0.4, -0.2) is 30.4 Å². The van der Waals surface area contributed by atoms with Gasteiger partial charge in [-0.2, -0.15) is 0 Å². The average molecular weight is 429 g/mol. The Bertz CT molecular complexity index is 739. The lowest BCUT2D eigenvalue weighted by molar-refractivity contribution is -0.123. The molecule has 0 heterocycles. The molecule has 0 bridgehead atoms. The molecule has 0 aromatic heterocycles. The summed E-state index contributed by atoms with van der Waals surface area (Å²) in [6, 6.07) is 20.8. The van der Waals surface area contributed by atoms with Crippen molar-refractivity contribution < 1.29 is 4.79 Å². The van der Waals surface area contributed by atoms with Crippen LogP contribution in [0.15, 0.2) is 60.7 Å². The second kappa shape index (κ2) is 11.0. The summed E-state index contributed by atoms with van der Waals surface area (Å²) in [4.78, 5) is 15.6. The van der Waals surface area contributed by atoms with Crippen molar-refractivity contribution in [3.8, 4) is 0 Å². The Labute approximate surface area is 188 Å². The molecule has 2 aromatic rings. The first-order chi connectivity index (χ1) is 14.0. The molecule has 30 heavy (non-hydrogen) atoms. The normalized spacial score (nSPS) is 19.1. The van der Waals surface area contributed by atoms with E-state index in [0.717, 1.165) is 42.9 Å². The van der Waals surface area contributed by atoms with Crippen molar-refractivity contribution >= 4 is 18.3 Å². The number of hydrogen-bond acceptors (Lipinski definition) is 2. The van der Waals surface area contributed by atoms with Gasteiger partial charge < -0.3 is 10.6 Å². The smallest absolute Gasteiger partial charge is 0.232 e. The van der Waals surface area contributed by atoms with Gasteiger partial charge in [-0.15, -0.1) is 12.4 Å². The Morgan fingerprint density at radius 1 is 1.03 bits per heavy atom. The number of halogens is 1. The molecule has 2 N–H and O–H groups in total. The van der Waals surface area contributed by atoms with Crippen molar-refractivity contribution in [1.82, 2.24) is 4.90 Å². The van der Waals surface area contributed by atoms with Gasteiger partial charge >= 0.3 is 0 Å². The monoisotopic (exact) mass is 428 g/mol. The highest BCUT2D eigenvalue weighted by atomic mass is 35.5. The number of hydrogen-bond donors (Lipinski definition) is 1. The molecular weight excluding hydrogens is 392 g/mol. The van der Waals surface area contributed by atoms with Crippen LogP contribution in [0.2, 0.25) is 0 Å². The Morgan fingerprint density at radius 3 is 2.03 bits per heavy atom. The Morgan fingerprint density at radius 2 is 1.57 bits per heavy atom. The third-order valence-corrected chi connectivity index (χ3v) is 6.78. The molecule has 1 aliphatic rings. The maximum atomic E-state index is 13.1. The zero-order chi connectivity index (χ0) is 20.9. The molecule has 3 rings (SSSR count). The minimum absolute atomic E-state index is 0. The third kappa shape index (κ3) is 5.07. The van der Waals surface area contributed by atoms with Gasteiger partial charge in [-0.25, -0.2) is 0 Å². The number of primary amides is 1. The first-order valence-corrected chi connectivity index (χ1v) is 11.1. The Kier molecular flexibility index (Phi) is 8.93. The van der Waals surface area contributed by atoms with Crippen molar-refractivity contribution in [2.45, 2.75) is 57.4 Å². The van der Waals surface area contributed by atoms with Crippen molar-refractivity contribution in [3.63, 3.8) is 0 Å². The number of carbonyl (C=O) groups excluding carboxylic acids is 1. The third-order valence-electron chi connectivity index (χ3n) is 6.78. The van der Waals surface area contributed by atoms with E-state index in [1.807, 2.05) is 36.4 Å². The van der Waals surface area contributed by atoms with Gasteiger partial charge in [0.1, 0.15) is 5.41 Å². The fraction of sp³-hybridized carbons (Fsp3) is 0.500. The van der Waals surface area contributed by atoms with Gasteiger partial charge in [0.15, 0.2) is 0 Å². The van der Waals surface area contributed by atoms with Crippen LogP contribution in [0.25, 0.3) is 0 Å². The summed E-state index contributed by atoms with van der Waals surface area (Å²) in [6.07, 6.45) is 5.64. The van der Waals surface area contributed by atoms with Gasteiger partial charge in [0.25, 0.3) is 0 Å². The number of nitrogens with zero attached hydrogens (tertiary/aromatic N) is 1. The molecule has 0 radical (unpaired) electrons. The highest BCUT2D eigenvalue weighted by Gasteiger charge is 2.50. The maximum absolute atomic E-state index is 13.1. The van der Waals surface area contributed by atoms with Gasteiger partial charge in [-0.1, -0.05) is 74.5 Å². The highest BCUT2D eigenvalue weighted by molar-refractivity contribution is 5.91. The van der Waals surface area contributed by atoms with Gasteiger partial charge in [0.05, 0.1) is 0 Å². The first kappa shape index (κ1) is 24.4. The van der Waals surface area contributed by atoms with Crippen LogP contribution >= 0.6 is 12.4 Å². The molecule has 0 saturated heterocycles. The lowest BCUT2D eigenvalue weighted by Gasteiger charge is -2.38. The number of nitrogens with two attached hydrogens (primary N) is 1. The lowest BCUT2D eigenvalue weighted by atomic mass is 9.64. The van der Waals surface area contributed by atoms with E-state index in [1.54, 1.807) is 0 Å². The summed E-state index contributed by atoms with van der Waals surface area (Å²) in [5.41, 5.74) is 7.47. The Balaban J connectivity index is 0.00000320. The molecule has 1 fully saturated rings. The standard InChI is InChI=1S/C26H36N2O.ClH/c1-20(2)11-10-18-28(3)24-17-16-23(19-24)26(25(27)29,21-12-6-4-7-13-21)22-14-8-5-9-15-22;/h4-9,12-15,20,23-24H,10-11,16-19H2,1-3H3,(H2,27,29);1H. The number of rotatable bonds is 9. The molecule has 1 aliphatic carbocycles. The van der Waals surface area contributed by atoms with E-state index >= 15 is 0 Å². The fourth-order valence-corrected chi connectivity index (χ4v) is 5.21. The van der Waals surface area contributed by atoms with Crippen molar-refractivity contribution in [2.75, 3.05) is 13.6 Å². The van der Waals surface area contributed by atoms with Crippen molar-refractivity contribution in [1.29, 1.82) is 0 Å². The van der Waals surface area contributed by atoms with Crippen LogP contribution < -0.4 is 5.73 Å². The van der Waals surface area contributed by atoms with E-state index in [-0.39, 0.29) is 24.2 Å². The molecule has 0 aliphatic heterocycles. The molecule has 2 unspecified atom stereocenters. The van der Waals surface area contributed by atoms with E-state index in [4.69, 9.17) is 5.73 Å². The molecule has 4 heteroatoms. The molecular formula is C26H37ClN2O. The van der Waals surface area contributed by atoms with E-state index in [0.29, 0.717) is 6.04 Å². The molecule has 3 nitrogen and oxygen atoms in total. The summed E-state index contributed by atoms with van der Waals surface area (Å²) in [5, 5.41) is 0. The maximum Gasteiger partial charge on any atom is 0.232 e. The summed E-state index contributed by atoms with van der Waals surface area (Å²) in [7, 11) is 2.24. The predicted molar refractivity (Wildman–Crippen MR) is 128 cm³/mol. The number of benzene rings is 2. The van der Waals surface area contributed by atoms with Gasteiger partial charge in [-0.05, 0) is 68.7 Å². The first-order valence-electron chi connectivity index (χ1n) is 11.1. The van der Waals surface area contributed by atoms with Crippen LogP contribution in [0.1, 0.15) is 57.1 Å². The topological polar surface area (TPSA) is 46.3 Å². The zero-order valence-electron chi connectivity index (χ0n) is 18.6. The lowest BCUT2D eigenvalue weighted by Crippen LogP contribution is -2.48. The summed E-state index contributed by atoms with van der Waals surface area (Å²) < 4.78 is 0. The highest BCUT2D eigenvalue weighted by Crippen LogP contribution is 2.47. The van der Waals surface area contributed by atoms with Crippen LogP contribution in [0.4, 0.5) is 0 Å². The van der Waals surface area contributed by atoms with Crippen LogP contribution in [0.3, 0.4) is 0 Å². The van der Waals surface area contributed by atoms with Gasteiger partial charge in [0.2, 0.25) is 5.91 Å². The fourth-order valence-electron chi connectivity index (χ4n) is 5.21. The SMILES string of the molecule is CC(C)CCCN(C)C1CCC(C(C(N)=O)(c2ccccc2)c2ccccc2)C1.Cl. The largest absolute Gasteiger partial charge is 0.369 e. The molecule has 0 spiro atoms. The van der Waals surface area contributed by atoms with E-state index < -0.39 is 5.41 Å². The van der Waals surface area contributed by atoms with Crippen LogP contribution in [0, 0.1) is 11.8 Å². The molecule has 164 valence electrons. The molecule has 2 atom stereocenters. The molecule has 2 aromatic carbocycles. The van der Waals surface area contributed by atoms with E-state index in [2.05, 4.69) is 50.1 Å². The van der Waals surface area contributed by atoms with Crippen molar-refractivity contribution in [2.24, 2.45) is 17.6 Å². The Hall–Kier alpha value is -1.84. The minimum Gasteiger partial charge on any atom is -0.369 e. The van der Waals surface area contributed by atoms with Crippen molar-refractivity contribution in [3.05, 3.63) is 71.8 Å². The molecule has 1 saturated carbocycles. The summed E-state index contributed by atoms with van der Waals surface area (Å²) in [5.74, 6) is 0.726. The van der Waals surface area contributed by atoms with E-state index in [1.165, 1.54) is 12.8 Å². The second-order valence-electron chi connectivity index (χ2n) is 9.08. The van der Waals surface area contributed by atoms with Gasteiger partial charge in [-0.3, -0.25) is 4.79 Å². The second-order valence-corrected chi connectivity index (χ2v) is 9.08. The minimum atomic E-state index is -0.768. The predicted octanol–water partition coefficient (Wildman–Crippen LogP) is 5.42. The zero-order valence-corrected chi connectivity index (χ0v) is 19.4. The van der Waals surface area contributed by atoms with Gasteiger partial charge in [0, 0.05) is 6.04 Å². The average Bonchev–Trinajstić information content (AvgIpc) is 3.20. The van der Waals surface area contributed by atoms with Crippen LogP contribution in [-0.2, 0) is 10.2 Å². The number of amides is 1.